The van der Waals surface area contributed by atoms with Crippen LogP contribution in [-0.4, -0.2) is 57.3 Å². The van der Waals surface area contributed by atoms with Crippen LogP contribution < -0.4 is 4.74 Å². The van der Waals surface area contributed by atoms with E-state index in [-0.39, 0.29) is 6.61 Å². The SMILES string of the molecule is CCN(CC)CC(O)COc1ccc(-c2nc3cc(Br)cnc3[nH]2)cc1. The number of hydrogen-bond acceptors (Lipinski definition) is 5. The maximum absolute atomic E-state index is 10.1. The van der Waals surface area contributed by atoms with Crippen LogP contribution in [0.1, 0.15) is 13.8 Å². The van der Waals surface area contributed by atoms with Crippen molar-refractivity contribution in [1.29, 1.82) is 0 Å². The quantitative estimate of drug-likeness (QED) is 0.585. The molecule has 0 aliphatic rings. The van der Waals surface area contributed by atoms with Crippen molar-refractivity contribution < 1.29 is 9.84 Å². The van der Waals surface area contributed by atoms with Gasteiger partial charge >= 0.3 is 0 Å². The van der Waals surface area contributed by atoms with Gasteiger partial charge in [0.25, 0.3) is 0 Å². The third-order valence-corrected chi connectivity index (χ3v) is 4.67. The van der Waals surface area contributed by atoms with Crippen LogP contribution in [0.15, 0.2) is 41.0 Å². The summed E-state index contributed by atoms with van der Waals surface area (Å²) in [5.74, 6) is 1.49. The first-order valence-electron chi connectivity index (χ1n) is 8.74. The molecule has 0 saturated carbocycles. The minimum atomic E-state index is -0.505. The lowest BCUT2D eigenvalue weighted by Crippen LogP contribution is -2.35. The monoisotopic (exact) mass is 418 g/mol. The number of likely N-dealkylation sites (N-methyl/N-ethyl adjacent to an activating group) is 1. The van der Waals surface area contributed by atoms with Gasteiger partial charge in [-0.05, 0) is 59.4 Å². The lowest BCUT2D eigenvalue weighted by atomic mass is 10.2. The van der Waals surface area contributed by atoms with Crippen molar-refractivity contribution >= 4 is 27.1 Å². The third-order valence-electron chi connectivity index (χ3n) is 4.24. The second-order valence-corrected chi connectivity index (χ2v) is 7.00. The molecule has 3 rings (SSSR count). The maximum atomic E-state index is 10.1. The van der Waals surface area contributed by atoms with Crippen LogP contribution in [0.3, 0.4) is 0 Å². The number of benzene rings is 1. The van der Waals surface area contributed by atoms with Gasteiger partial charge in [-0.2, -0.15) is 0 Å². The highest BCUT2D eigenvalue weighted by Crippen LogP contribution is 2.23. The Morgan fingerprint density at radius 2 is 1.96 bits per heavy atom. The highest BCUT2D eigenvalue weighted by molar-refractivity contribution is 9.10. The number of aliphatic hydroxyl groups excluding tert-OH is 1. The number of imidazole rings is 1. The number of aromatic amines is 1. The molecule has 2 aromatic heterocycles. The van der Waals surface area contributed by atoms with E-state index in [1.54, 1.807) is 6.20 Å². The molecule has 2 heterocycles. The Balaban J connectivity index is 1.62. The van der Waals surface area contributed by atoms with Gasteiger partial charge in [0.2, 0.25) is 0 Å². The Kier molecular flexibility index (Phi) is 6.24. The summed E-state index contributed by atoms with van der Waals surface area (Å²) in [6.45, 7) is 6.91. The molecule has 138 valence electrons. The van der Waals surface area contributed by atoms with Crippen LogP contribution in [0.5, 0.6) is 5.75 Å². The first-order valence-corrected chi connectivity index (χ1v) is 9.53. The average Bonchev–Trinajstić information content (AvgIpc) is 3.08. The van der Waals surface area contributed by atoms with E-state index < -0.39 is 6.10 Å². The molecule has 6 nitrogen and oxygen atoms in total. The number of halogens is 1. The molecule has 0 aliphatic heterocycles. The summed E-state index contributed by atoms with van der Waals surface area (Å²) in [7, 11) is 0. The average molecular weight is 419 g/mol. The minimum absolute atomic E-state index is 0.276. The first-order chi connectivity index (χ1) is 12.6. The Hall–Kier alpha value is -1.96. The molecule has 3 aromatic rings. The van der Waals surface area contributed by atoms with E-state index in [0.717, 1.165) is 45.9 Å². The van der Waals surface area contributed by atoms with Crippen molar-refractivity contribution in [2.75, 3.05) is 26.2 Å². The third kappa shape index (κ3) is 4.60. The summed E-state index contributed by atoms with van der Waals surface area (Å²) in [4.78, 5) is 14.3. The van der Waals surface area contributed by atoms with Crippen molar-refractivity contribution in [2.45, 2.75) is 20.0 Å². The standard InChI is InChI=1S/C19H23BrN4O2/c1-3-24(4-2)11-15(25)12-26-16-7-5-13(6-8-16)18-22-17-9-14(20)10-21-19(17)23-18/h5-10,15,25H,3-4,11-12H2,1-2H3,(H,21,22,23). The molecule has 0 radical (unpaired) electrons. The van der Waals surface area contributed by atoms with E-state index in [4.69, 9.17) is 4.74 Å². The molecule has 1 atom stereocenters. The van der Waals surface area contributed by atoms with Crippen LogP contribution >= 0.6 is 15.9 Å². The van der Waals surface area contributed by atoms with Crippen LogP contribution in [0, 0.1) is 0 Å². The first kappa shape index (κ1) is 18.8. The number of H-pyrrole nitrogens is 1. The molecule has 26 heavy (non-hydrogen) atoms. The lowest BCUT2D eigenvalue weighted by Gasteiger charge is -2.21. The zero-order chi connectivity index (χ0) is 18.5. The second kappa shape index (κ2) is 8.62. The van der Waals surface area contributed by atoms with E-state index in [1.807, 2.05) is 30.3 Å². The smallest absolute Gasteiger partial charge is 0.157 e. The molecule has 0 saturated heterocycles. The normalized spacial score (nSPS) is 12.7. The molecule has 1 aromatic carbocycles. The molecule has 2 N–H and O–H groups in total. The molecule has 7 heteroatoms. The fourth-order valence-corrected chi connectivity index (χ4v) is 3.06. The van der Waals surface area contributed by atoms with Crippen molar-refractivity contribution in [3.05, 3.63) is 41.0 Å². The van der Waals surface area contributed by atoms with Crippen LogP contribution in [-0.2, 0) is 0 Å². The Labute approximate surface area is 161 Å². The molecule has 0 spiro atoms. The van der Waals surface area contributed by atoms with Gasteiger partial charge < -0.3 is 19.7 Å². The van der Waals surface area contributed by atoms with Gasteiger partial charge in [0.05, 0.1) is 0 Å². The summed E-state index contributed by atoms with van der Waals surface area (Å²) in [5, 5.41) is 10.1. The predicted octanol–water partition coefficient (Wildman–Crippen LogP) is 3.47. The molecule has 0 bridgehead atoms. The van der Waals surface area contributed by atoms with Crippen molar-refractivity contribution in [1.82, 2.24) is 19.9 Å². The zero-order valence-corrected chi connectivity index (χ0v) is 16.5. The van der Waals surface area contributed by atoms with Crippen LogP contribution in [0.25, 0.3) is 22.6 Å². The number of rotatable bonds is 8. The van der Waals surface area contributed by atoms with Gasteiger partial charge in [0.15, 0.2) is 5.65 Å². The van der Waals surface area contributed by atoms with Gasteiger partial charge in [-0.15, -0.1) is 0 Å². The minimum Gasteiger partial charge on any atom is -0.491 e. The van der Waals surface area contributed by atoms with Crippen molar-refractivity contribution in [3.8, 4) is 17.1 Å². The zero-order valence-electron chi connectivity index (χ0n) is 14.9. The number of aliphatic hydroxyl groups is 1. The van der Waals surface area contributed by atoms with Gasteiger partial charge in [-0.25, -0.2) is 9.97 Å². The number of hydrogen-bond donors (Lipinski definition) is 2. The van der Waals surface area contributed by atoms with E-state index in [9.17, 15) is 5.11 Å². The largest absolute Gasteiger partial charge is 0.491 e. The molecule has 0 amide bonds. The van der Waals surface area contributed by atoms with Gasteiger partial charge in [0.1, 0.15) is 29.8 Å². The highest BCUT2D eigenvalue weighted by atomic mass is 79.9. The Bertz CT molecular complexity index is 846. The number of pyridine rings is 1. The van der Waals surface area contributed by atoms with Gasteiger partial charge in [-0.1, -0.05) is 13.8 Å². The summed E-state index contributed by atoms with van der Waals surface area (Å²) in [6.07, 6.45) is 1.24. The number of ether oxygens (including phenoxy) is 1. The lowest BCUT2D eigenvalue weighted by molar-refractivity contribution is 0.0716. The topological polar surface area (TPSA) is 74.3 Å². The van der Waals surface area contributed by atoms with Crippen molar-refractivity contribution in [3.63, 3.8) is 0 Å². The fraction of sp³-hybridized carbons (Fsp3) is 0.368. The fourth-order valence-electron chi connectivity index (χ4n) is 2.74. The predicted molar refractivity (Wildman–Crippen MR) is 106 cm³/mol. The van der Waals surface area contributed by atoms with Crippen molar-refractivity contribution in [2.24, 2.45) is 0 Å². The van der Waals surface area contributed by atoms with E-state index in [2.05, 4.69) is 49.6 Å². The Morgan fingerprint density at radius 3 is 2.65 bits per heavy atom. The Morgan fingerprint density at radius 1 is 1.23 bits per heavy atom. The number of nitrogens with one attached hydrogen (secondary N) is 1. The summed E-state index contributed by atoms with van der Waals surface area (Å²) in [6, 6.07) is 9.58. The molecule has 0 fully saturated rings. The van der Waals surface area contributed by atoms with E-state index in [0.29, 0.717) is 6.54 Å². The summed E-state index contributed by atoms with van der Waals surface area (Å²) < 4.78 is 6.60. The van der Waals surface area contributed by atoms with Crippen LogP contribution in [0.2, 0.25) is 0 Å². The molecular weight excluding hydrogens is 396 g/mol. The number of aromatic nitrogens is 3. The van der Waals surface area contributed by atoms with Gasteiger partial charge in [0, 0.05) is 22.8 Å². The molecule has 0 aliphatic carbocycles. The summed E-state index contributed by atoms with van der Waals surface area (Å²) in [5.41, 5.74) is 2.52. The number of fused-ring (bicyclic) bond motifs is 1. The van der Waals surface area contributed by atoms with Crippen LogP contribution in [0.4, 0.5) is 0 Å². The van der Waals surface area contributed by atoms with E-state index in [1.165, 1.54) is 0 Å². The highest BCUT2D eigenvalue weighted by Gasteiger charge is 2.10. The molecular formula is C19H23BrN4O2. The summed E-state index contributed by atoms with van der Waals surface area (Å²) >= 11 is 3.40. The van der Waals surface area contributed by atoms with E-state index >= 15 is 0 Å². The second-order valence-electron chi connectivity index (χ2n) is 6.08. The maximum Gasteiger partial charge on any atom is 0.157 e. The van der Waals surface area contributed by atoms with Gasteiger partial charge in [-0.3, -0.25) is 0 Å². The number of nitrogens with zero attached hydrogens (tertiary/aromatic N) is 3. The molecule has 1 unspecified atom stereocenters.